The SMILES string of the molecule is COc1ccc(C(=O)C(C(=O)O)c2nc3cc(C)ccc3oc2=O)cc1OC. The molecule has 1 aromatic heterocycles. The van der Waals surface area contributed by atoms with Crippen LogP contribution in [-0.4, -0.2) is 36.1 Å². The molecule has 3 aromatic rings. The van der Waals surface area contributed by atoms with Crippen molar-refractivity contribution in [1.82, 2.24) is 4.98 Å². The van der Waals surface area contributed by atoms with Crippen LogP contribution in [0, 0.1) is 6.92 Å². The number of Topliss-reactive ketones (excluding diaryl/α,β-unsaturated/α-hetero) is 1. The number of carbonyl (C=O) groups excluding carboxylic acids is 1. The first-order valence-electron chi connectivity index (χ1n) is 8.26. The van der Waals surface area contributed by atoms with Crippen LogP contribution >= 0.6 is 0 Å². The number of aryl methyl sites for hydroxylation is 1. The second-order valence-corrected chi connectivity index (χ2v) is 6.06. The number of ketones is 1. The van der Waals surface area contributed by atoms with E-state index in [1.807, 2.05) is 6.92 Å². The first-order valence-corrected chi connectivity index (χ1v) is 8.26. The van der Waals surface area contributed by atoms with Crippen LogP contribution in [0.4, 0.5) is 0 Å². The summed E-state index contributed by atoms with van der Waals surface area (Å²) in [6, 6.07) is 9.16. The van der Waals surface area contributed by atoms with Gasteiger partial charge < -0.3 is 19.0 Å². The number of ether oxygens (including phenoxy) is 2. The lowest BCUT2D eigenvalue weighted by Gasteiger charge is -2.13. The fourth-order valence-electron chi connectivity index (χ4n) is 2.82. The van der Waals surface area contributed by atoms with Crippen molar-refractivity contribution in [3.63, 3.8) is 0 Å². The van der Waals surface area contributed by atoms with Crippen LogP contribution < -0.4 is 15.1 Å². The molecule has 0 aliphatic rings. The summed E-state index contributed by atoms with van der Waals surface area (Å²) in [4.78, 5) is 41.2. The highest BCUT2D eigenvalue weighted by atomic mass is 16.5. The molecule has 0 radical (unpaired) electrons. The third kappa shape index (κ3) is 3.44. The molecule has 2 aromatic carbocycles. The zero-order valence-corrected chi connectivity index (χ0v) is 15.4. The zero-order chi connectivity index (χ0) is 20.4. The molecule has 0 saturated carbocycles. The van der Waals surface area contributed by atoms with Crippen molar-refractivity contribution in [3.8, 4) is 11.5 Å². The maximum Gasteiger partial charge on any atom is 0.359 e. The van der Waals surface area contributed by atoms with Gasteiger partial charge in [0.05, 0.1) is 14.2 Å². The highest BCUT2D eigenvalue weighted by Gasteiger charge is 2.34. The van der Waals surface area contributed by atoms with Crippen molar-refractivity contribution < 1.29 is 28.6 Å². The molecule has 3 rings (SSSR count). The first kappa shape index (κ1) is 19.1. The summed E-state index contributed by atoms with van der Waals surface area (Å²) in [6.45, 7) is 1.81. The van der Waals surface area contributed by atoms with Crippen LogP contribution in [-0.2, 0) is 4.79 Å². The van der Waals surface area contributed by atoms with E-state index in [0.717, 1.165) is 5.56 Å². The number of hydrogen-bond acceptors (Lipinski definition) is 7. The smallest absolute Gasteiger partial charge is 0.359 e. The number of benzene rings is 2. The van der Waals surface area contributed by atoms with Crippen LogP contribution in [0.5, 0.6) is 11.5 Å². The Hall–Kier alpha value is -3.68. The van der Waals surface area contributed by atoms with Gasteiger partial charge in [0.15, 0.2) is 28.8 Å². The van der Waals surface area contributed by atoms with E-state index >= 15 is 0 Å². The summed E-state index contributed by atoms with van der Waals surface area (Å²) in [6.07, 6.45) is 0. The van der Waals surface area contributed by atoms with Gasteiger partial charge >= 0.3 is 11.6 Å². The molecule has 0 aliphatic carbocycles. The van der Waals surface area contributed by atoms with Crippen molar-refractivity contribution in [3.05, 3.63) is 63.6 Å². The molecule has 0 fully saturated rings. The number of rotatable bonds is 6. The summed E-state index contributed by atoms with van der Waals surface area (Å²) >= 11 is 0. The molecule has 1 atom stereocenters. The lowest BCUT2D eigenvalue weighted by molar-refractivity contribution is -0.137. The molecule has 0 spiro atoms. The topological polar surface area (TPSA) is 116 Å². The molecular formula is C20H17NO7. The minimum absolute atomic E-state index is 0.0376. The van der Waals surface area contributed by atoms with Crippen molar-refractivity contribution in [2.24, 2.45) is 0 Å². The molecule has 0 amide bonds. The average Bonchev–Trinajstić information content (AvgIpc) is 2.67. The van der Waals surface area contributed by atoms with Crippen LogP contribution in [0.2, 0.25) is 0 Å². The molecule has 0 aliphatic heterocycles. The molecule has 8 nitrogen and oxygen atoms in total. The Morgan fingerprint density at radius 2 is 1.79 bits per heavy atom. The summed E-state index contributed by atoms with van der Waals surface area (Å²) in [7, 11) is 2.83. The van der Waals surface area contributed by atoms with Gasteiger partial charge in [-0.25, -0.2) is 9.78 Å². The normalized spacial score (nSPS) is 11.8. The number of carbonyl (C=O) groups is 2. The van der Waals surface area contributed by atoms with Gasteiger partial charge in [0.25, 0.3) is 0 Å². The number of fused-ring (bicyclic) bond motifs is 1. The Kier molecular flexibility index (Phi) is 5.12. The molecule has 0 bridgehead atoms. The van der Waals surface area contributed by atoms with Crippen LogP contribution in [0.25, 0.3) is 11.1 Å². The number of methoxy groups -OCH3 is 2. The molecule has 1 unspecified atom stereocenters. The van der Waals surface area contributed by atoms with Gasteiger partial charge in [-0.05, 0) is 42.8 Å². The van der Waals surface area contributed by atoms with E-state index < -0.39 is 29.0 Å². The second-order valence-electron chi connectivity index (χ2n) is 6.06. The number of hydrogen-bond donors (Lipinski definition) is 1. The highest BCUT2D eigenvalue weighted by molar-refractivity contribution is 6.12. The quantitative estimate of drug-likeness (QED) is 0.510. The summed E-state index contributed by atoms with van der Waals surface area (Å²) in [5.41, 5.74) is -0.0699. The molecule has 8 heteroatoms. The van der Waals surface area contributed by atoms with E-state index in [-0.39, 0.29) is 16.9 Å². The third-order valence-electron chi connectivity index (χ3n) is 4.22. The van der Waals surface area contributed by atoms with E-state index in [4.69, 9.17) is 13.9 Å². The largest absolute Gasteiger partial charge is 0.493 e. The van der Waals surface area contributed by atoms with Gasteiger partial charge in [-0.1, -0.05) is 6.07 Å². The number of aliphatic carboxylic acids is 1. The van der Waals surface area contributed by atoms with E-state index in [0.29, 0.717) is 11.3 Å². The predicted molar refractivity (Wildman–Crippen MR) is 99.3 cm³/mol. The Morgan fingerprint density at radius 3 is 2.43 bits per heavy atom. The van der Waals surface area contributed by atoms with Crippen molar-refractivity contribution in [1.29, 1.82) is 0 Å². The van der Waals surface area contributed by atoms with E-state index in [1.54, 1.807) is 18.2 Å². The lowest BCUT2D eigenvalue weighted by Crippen LogP contribution is -2.28. The van der Waals surface area contributed by atoms with Gasteiger partial charge in [0.2, 0.25) is 0 Å². The number of nitrogens with zero attached hydrogens (tertiary/aromatic N) is 1. The van der Waals surface area contributed by atoms with Gasteiger partial charge in [-0.15, -0.1) is 0 Å². The molecule has 28 heavy (non-hydrogen) atoms. The maximum absolute atomic E-state index is 12.9. The van der Waals surface area contributed by atoms with E-state index in [1.165, 1.54) is 32.4 Å². The highest BCUT2D eigenvalue weighted by Crippen LogP contribution is 2.30. The Bertz CT molecular complexity index is 1130. The monoisotopic (exact) mass is 383 g/mol. The summed E-state index contributed by atoms with van der Waals surface area (Å²) in [5.74, 6) is -3.51. The second kappa shape index (κ2) is 7.51. The van der Waals surface area contributed by atoms with Gasteiger partial charge in [0, 0.05) is 5.56 Å². The van der Waals surface area contributed by atoms with Crippen LogP contribution in [0.15, 0.2) is 45.6 Å². The van der Waals surface area contributed by atoms with Crippen molar-refractivity contribution >= 4 is 22.9 Å². The fraction of sp³-hybridized carbons (Fsp3) is 0.200. The summed E-state index contributed by atoms with van der Waals surface area (Å²) < 4.78 is 15.4. The van der Waals surface area contributed by atoms with Gasteiger partial charge in [-0.3, -0.25) is 9.59 Å². The minimum Gasteiger partial charge on any atom is -0.493 e. The first-order chi connectivity index (χ1) is 13.3. The molecule has 1 N–H and O–H groups in total. The molecule has 144 valence electrons. The lowest BCUT2D eigenvalue weighted by atomic mass is 9.94. The van der Waals surface area contributed by atoms with E-state index in [9.17, 15) is 19.5 Å². The van der Waals surface area contributed by atoms with Crippen molar-refractivity contribution in [2.45, 2.75) is 12.8 Å². The standard InChI is InChI=1S/C20H17NO7/c1-10-4-6-13-12(8-10)21-17(20(25)28-13)16(19(23)24)18(22)11-5-7-14(26-2)15(9-11)27-3/h4-9,16H,1-3H3,(H,23,24). The Labute approximate surface area is 159 Å². The zero-order valence-electron chi connectivity index (χ0n) is 15.4. The molecular weight excluding hydrogens is 366 g/mol. The van der Waals surface area contributed by atoms with Crippen molar-refractivity contribution in [2.75, 3.05) is 14.2 Å². The van der Waals surface area contributed by atoms with Crippen LogP contribution in [0.1, 0.15) is 27.5 Å². The number of aromatic nitrogens is 1. The van der Waals surface area contributed by atoms with E-state index in [2.05, 4.69) is 4.98 Å². The molecule has 0 saturated heterocycles. The summed E-state index contributed by atoms with van der Waals surface area (Å²) in [5, 5.41) is 9.64. The predicted octanol–water partition coefficient (Wildman–Crippen LogP) is 2.56. The Morgan fingerprint density at radius 1 is 1.07 bits per heavy atom. The fourth-order valence-corrected chi connectivity index (χ4v) is 2.82. The minimum atomic E-state index is -1.82. The van der Waals surface area contributed by atoms with Crippen LogP contribution in [0.3, 0.4) is 0 Å². The number of carboxylic acids is 1. The average molecular weight is 383 g/mol. The number of carboxylic acid groups (broad SMARTS) is 1. The molecule has 1 heterocycles. The van der Waals surface area contributed by atoms with Gasteiger partial charge in [-0.2, -0.15) is 0 Å². The maximum atomic E-state index is 12.9. The third-order valence-corrected chi connectivity index (χ3v) is 4.22. The van der Waals surface area contributed by atoms with Gasteiger partial charge in [0.1, 0.15) is 11.2 Å². The Balaban J connectivity index is 2.13.